The lowest BCUT2D eigenvalue weighted by Crippen LogP contribution is -2.67. The van der Waals surface area contributed by atoms with Gasteiger partial charge in [0.15, 0.2) is 0 Å². The Morgan fingerprint density at radius 2 is 1.85 bits per heavy atom. The van der Waals surface area contributed by atoms with Crippen molar-refractivity contribution in [2.45, 2.75) is 36.0 Å². The van der Waals surface area contributed by atoms with Crippen molar-refractivity contribution < 1.29 is 27.5 Å². The summed E-state index contributed by atoms with van der Waals surface area (Å²) in [6.07, 6.45) is 4.19. The Morgan fingerprint density at radius 3 is 2.58 bits per heavy atom. The summed E-state index contributed by atoms with van der Waals surface area (Å²) in [4.78, 5) is 38.8. The molecular weight excluding hydrogens is 558 g/mol. The van der Waals surface area contributed by atoms with Gasteiger partial charge in [-0.1, -0.05) is 23.7 Å². The van der Waals surface area contributed by atoms with E-state index in [1.165, 1.54) is 23.4 Å². The highest BCUT2D eigenvalue weighted by Gasteiger charge is 2.65. The summed E-state index contributed by atoms with van der Waals surface area (Å²) in [5.74, 6) is -0.497. The van der Waals surface area contributed by atoms with Crippen molar-refractivity contribution >= 4 is 50.1 Å². The summed E-state index contributed by atoms with van der Waals surface area (Å²) in [6, 6.07) is 11.7. The Balaban J connectivity index is 1.30. The van der Waals surface area contributed by atoms with Crippen LogP contribution >= 0.6 is 11.6 Å². The molecule has 1 amide bonds. The number of carbonyl (C=O) groups excluding carboxylic acids is 2. The van der Waals surface area contributed by atoms with Gasteiger partial charge in [-0.15, -0.1) is 0 Å². The van der Waals surface area contributed by atoms with Crippen LogP contribution in [0.5, 0.6) is 0 Å². The first-order chi connectivity index (χ1) is 19.2. The van der Waals surface area contributed by atoms with Crippen LogP contribution in [0.3, 0.4) is 0 Å². The van der Waals surface area contributed by atoms with Crippen molar-refractivity contribution in [2.75, 3.05) is 44.2 Å². The lowest BCUT2D eigenvalue weighted by Gasteiger charge is -2.43. The van der Waals surface area contributed by atoms with Crippen LogP contribution in [-0.4, -0.2) is 90.1 Å². The molecular formula is C27H28ClN5O6S. The Morgan fingerprint density at radius 1 is 1.10 bits per heavy atom. The lowest BCUT2D eigenvalue weighted by molar-refractivity contribution is -0.206. The van der Waals surface area contributed by atoms with Gasteiger partial charge >= 0.3 is 5.97 Å². The van der Waals surface area contributed by atoms with Gasteiger partial charge in [-0.3, -0.25) is 9.69 Å². The van der Waals surface area contributed by atoms with Gasteiger partial charge in [0.1, 0.15) is 12.1 Å². The molecule has 1 atom stereocenters. The first-order valence-electron chi connectivity index (χ1n) is 13.0. The van der Waals surface area contributed by atoms with Crippen molar-refractivity contribution in [3.8, 4) is 0 Å². The summed E-state index contributed by atoms with van der Waals surface area (Å²) >= 11 is 6.07. The highest BCUT2D eigenvalue weighted by molar-refractivity contribution is 7.89. The molecule has 3 aromatic rings. The molecule has 0 saturated carbocycles. The van der Waals surface area contributed by atoms with Gasteiger partial charge in [-0.2, -0.15) is 4.31 Å². The molecule has 1 unspecified atom stereocenters. The number of benzene rings is 2. The summed E-state index contributed by atoms with van der Waals surface area (Å²) in [5, 5.41) is 2.00. The molecule has 0 bridgehead atoms. The number of ether oxygens (including phenoxy) is 2. The van der Waals surface area contributed by atoms with Crippen LogP contribution in [-0.2, 0) is 29.1 Å². The fraction of sp³-hybridized carbons (Fsp3) is 0.407. The van der Waals surface area contributed by atoms with Crippen molar-refractivity contribution in [2.24, 2.45) is 0 Å². The zero-order valence-electron chi connectivity index (χ0n) is 21.8. The Kier molecular flexibility index (Phi) is 6.68. The Hall–Kier alpha value is -3.32. The van der Waals surface area contributed by atoms with Crippen LogP contribution in [0.4, 0.5) is 5.82 Å². The number of hydrogen-bond donors (Lipinski definition) is 0. The quantitative estimate of drug-likeness (QED) is 0.415. The van der Waals surface area contributed by atoms with Gasteiger partial charge in [0.2, 0.25) is 15.9 Å². The molecule has 1 spiro atoms. The Labute approximate surface area is 236 Å². The van der Waals surface area contributed by atoms with E-state index in [1.807, 2.05) is 6.07 Å². The summed E-state index contributed by atoms with van der Waals surface area (Å²) in [7, 11) is -4.17. The summed E-state index contributed by atoms with van der Waals surface area (Å²) in [5.41, 5.74) is -2.70. The van der Waals surface area contributed by atoms with E-state index in [0.717, 1.165) is 15.5 Å². The number of hydrogen-bond acceptors (Lipinski definition) is 9. The van der Waals surface area contributed by atoms with Gasteiger partial charge in [0, 0.05) is 24.3 Å². The minimum absolute atomic E-state index is 0.00782. The van der Waals surface area contributed by atoms with Crippen LogP contribution in [0.1, 0.15) is 19.8 Å². The van der Waals surface area contributed by atoms with Crippen LogP contribution in [0, 0.1) is 0 Å². The normalized spacial score (nSPS) is 23.0. The van der Waals surface area contributed by atoms with E-state index in [-0.39, 0.29) is 24.6 Å². The molecule has 0 radical (unpaired) electrons. The van der Waals surface area contributed by atoms with Gasteiger partial charge in [0.25, 0.3) is 5.72 Å². The van der Waals surface area contributed by atoms with E-state index in [2.05, 4.69) is 14.9 Å². The predicted octanol–water partition coefficient (Wildman–Crippen LogP) is 2.44. The molecule has 3 aliphatic heterocycles. The number of piperazine rings is 1. The van der Waals surface area contributed by atoms with Gasteiger partial charge in [-0.25, -0.2) is 23.2 Å². The van der Waals surface area contributed by atoms with Crippen LogP contribution < -0.4 is 4.90 Å². The molecule has 40 heavy (non-hydrogen) atoms. The van der Waals surface area contributed by atoms with Gasteiger partial charge in [0.05, 0.1) is 36.7 Å². The van der Waals surface area contributed by atoms with E-state index in [1.54, 1.807) is 37.4 Å². The highest BCUT2D eigenvalue weighted by atomic mass is 35.5. The van der Waals surface area contributed by atoms with Gasteiger partial charge < -0.3 is 14.4 Å². The second-order valence-electron chi connectivity index (χ2n) is 10.3. The molecule has 0 N–H and O–H groups in total. The SMILES string of the molecule is CCOC(=O)C12CN(S(=O)(=O)c3ccc4cc(Cl)ccc4c3)CC(=O)N1CC1(CCN(c3ccncn3)CC1)O2. The predicted molar refractivity (Wildman–Crippen MR) is 146 cm³/mol. The number of rotatable bonds is 5. The molecule has 0 aliphatic carbocycles. The molecule has 1 aromatic heterocycles. The standard InChI is InChI=1S/C27H28ClN5O6S/c1-2-38-25(35)27-17-32(40(36,37)22-6-4-19-13-21(28)5-3-20(19)14-22)15-24(34)33(27)16-26(39-27)8-11-31(12-9-26)23-7-10-29-18-30-23/h3-7,10,13-14,18H,2,8-9,11-12,15-17H2,1H3. The van der Waals surface area contributed by atoms with E-state index >= 15 is 0 Å². The first-order valence-corrected chi connectivity index (χ1v) is 14.9. The topological polar surface area (TPSA) is 122 Å². The number of piperidine rings is 1. The lowest BCUT2D eigenvalue weighted by atomic mass is 9.91. The minimum Gasteiger partial charge on any atom is -0.462 e. The largest absolute Gasteiger partial charge is 0.462 e. The molecule has 210 valence electrons. The summed E-state index contributed by atoms with van der Waals surface area (Å²) < 4.78 is 40.6. The average molecular weight is 586 g/mol. The number of carbonyl (C=O) groups is 2. The minimum atomic E-state index is -4.17. The van der Waals surface area contributed by atoms with Gasteiger partial charge in [-0.05, 0) is 60.9 Å². The fourth-order valence-corrected chi connectivity index (χ4v) is 7.43. The monoisotopic (exact) mass is 585 g/mol. The number of nitrogens with zero attached hydrogens (tertiary/aromatic N) is 5. The fourth-order valence-electron chi connectivity index (χ4n) is 5.81. The third-order valence-electron chi connectivity index (χ3n) is 7.84. The number of anilines is 1. The number of esters is 1. The smallest absolute Gasteiger partial charge is 0.361 e. The van der Waals surface area contributed by atoms with Crippen LogP contribution in [0.2, 0.25) is 5.02 Å². The zero-order chi connectivity index (χ0) is 28.1. The third kappa shape index (κ3) is 4.48. The average Bonchev–Trinajstić information content (AvgIpc) is 3.29. The number of sulfonamides is 1. The maximum atomic E-state index is 13.8. The number of halogens is 1. The molecule has 11 nitrogen and oxygen atoms in total. The second-order valence-corrected chi connectivity index (χ2v) is 12.6. The molecule has 6 rings (SSSR count). The van der Waals surface area contributed by atoms with Crippen LogP contribution in [0.15, 0.2) is 59.9 Å². The van der Waals surface area contributed by atoms with Crippen molar-refractivity contribution in [3.05, 3.63) is 60.0 Å². The molecule has 3 saturated heterocycles. The summed E-state index contributed by atoms with van der Waals surface area (Å²) in [6.45, 7) is 2.28. The Bertz CT molecular complexity index is 1580. The molecule has 4 heterocycles. The van der Waals surface area contributed by atoms with Crippen molar-refractivity contribution in [3.63, 3.8) is 0 Å². The first kappa shape index (κ1) is 26.9. The third-order valence-corrected chi connectivity index (χ3v) is 9.86. The van der Waals surface area contributed by atoms with Crippen molar-refractivity contribution in [1.29, 1.82) is 0 Å². The van der Waals surface area contributed by atoms with Crippen LogP contribution in [0.25, 0.3) is 10.8 Å². The van der Waals surface area contributed by atoms with E-state index in [9.17, 15) is 18.0 Å². The molecule has 2 aromatic carbocycles. The number of aromatic nitrogens is 2. The number of amides is 1. The van der Waals surface area contributed by atoms with E-state index < -0.39 is 39.8 Å². The number of fused-ring (bicyclic) bond motifs is 2. The molecule has 13 heteroatoms. The second kappa shape index (κ2) is 9.95. The molecule has 3 aliphatic rings. The highest BCUT2D eigenvalue weighted by Crippen LogP contribution is 2.45. The maximum absolute atomic E-state index is 13.8. The molecule has 3 fully saturated rings. The zero-order valence-corrected chi connectivity index (χ0v) is 23.4. The van der Waals surface area contributed by atoms with Crippen molar-refractivity contribution in [1.82, 2.24) is 19.2 Å². The maximum Gasteiger partial charge on any atom is 0.361 e. The van der Waals surface area contributed by atoms with E-state index in [4.69, 9.17) is 21.1 Å². The van der Waals surface area contributed by atoms with E-state index in [0.29, 0.717) is 36.3 Å².